The maximum Gasteiger partial charge on any atom is 0.178 e. The zero-order chi connectivity index (χ0) is 15.8. The average Bonchev–Trinajstić information content (AvgIpc) is 2.91. The molecule has 0 amide bonds. The van der Waals surface area contributed by atoms with Gasteiger partial charge in [-0.15, -0.1) is 15.3 Å². The first-order chi connectivity index (χ1) is 11.2. The van der Waals surface area contributed by atoms with Crippen LogP contribution in [0.5, 0.6) is 5.75 Å². The topological polar surface area (TPSA) is 92.2 Å². The zero-order valence-corrected chi connectivity index (χ0v) is 12.4. The van der Waals surface area contributed by atoms with E-state index in [0.717, 1.165) is 30.4 Å². The molecule has 3 aromatic rings. The van der Waals surface area contributed by atoms with Crippen molar-refractivity contribution in [3.05, 3.63) is 42.0 Å². The Morgan fingerprint density at radius 2 is 2.13 bits per heavy atom. The van der Waals surface area contributed by atoms with E-state index in [2.05, 4.69) is 25.2 Å². The van der Waals surface area contributed by atoms with Crippen molar-refractivity contribution < 1.29 is 4.74 Å². The van der Waals surface area contributed by atoms with Gasteiger partial charge >= 0.3 is 0 Å². The van der Waals surface area contributed by atoms with Crippen LogP contribution in [0.1, 0.15) is 11.5 Å². The molecule has 4 rings (SSSR count). The summed E-state index contributed by atoms with van der Waals surface area (Å²) in [7, 11) is 0. The maximum absolute atomic E-state index is 8.85. The predicted molar refractivity (Wildman–Crippen MR) is 81.1 cm³/mol. The van der Waals surface area contributed by atoms with Crippen molar-refractivity contribution in [2.45, 2.75) is 13.0 Å². The molecule has 1 aliphatic heterocycles. The number of rotatable bonds is 3. The van der Waals surface area contributed by atoms with Crippen molar-refractivity contribution in [1.82, 2.24) is 24.8 Å². The van der Waals surface area contributed by atoms with Crippen LogP contribution in [0.4, 0.5) is 5.82 Å². The highest BCUT2D eigenvalue weighted by atomic mass is 16.5. The molecule has 0 bridgehead atoms. The third-order valence-corrected chi connectivity index (χ3v) is 3.73. The molecule has 1 saturated heterocycles. The number of ether oxygens (including phenoxy) is 1. The summed E-state index contributed by atoms with van der Waals surface area (Å²) < 4.78 is 7.58. The molecule has 23 heavy (non-hydrogen) atoms. The molecule has 4 heterocycles. The molecule has 0 N–H and O–H groups in total. The fourth-order valence-electron chi connectivity index (χ4n) is 2.49. The molecule has 8 heteroatoms. The normalized spacial score (nSPS) is 14.5. The quantitative estimate of drug-likeness (QED) is 0.711. The number of nitrogens with zero attached hydrogens (tertiary/aromatic N) is 7. The highest BCUT2D eigenvalue weighted by Gasteiger charge is 2.30. The first kappa shape index (κ1) is 13.5. The van der Waals surface area contributed by atoms with E-state index in [9.17, 15) is 0 Å². The summed E-state index contributed by atoms with van der Waals surface area (Å²) in [5, 5.41) is 21.4. The number of aryl methyl sites for hydroxylation is 1. The van der Waals surface area contributed by atoms with E-state index in [-0.39, 0.29) is 6.10 Å². The molecule has 1 fully saturated rings. The molecule has 0 aliphatic carbocycles. The predicted octanol–water partition coefficient (Wildman–Crippen LogP) is 0.967. The summed E-state index contributed by atoms with van der Waals surface area (Å²) >= 11 is 0. The van der Waals surface area contributed by atoms with Crippen molar-refractivity contribution >= 4 is 11.5 Å². The van der Waals surface area contributed by atoms with Gasteiger partial charge in [-0.25, -0.2) is 4.98 Å². The summed E-state index contributed by atoms with van der Waals surface area (Å²) in [6.45, 7) is 3.35. The molecular weight excluding hydrogens is 294 g/mol. The third kappa shape index (κ3) is 2.42. The first-order valence-corrected chi connectivity index (χ1v) is 7.20. The van der Waals surface area contributed by atoms with Crippen LogP contribution in [0.15, 0.2) is 30.5 Å². The first-order valence-electron chi connectivity index (χ1n) is 7.20. The number of nitriles is 1. The van der Waals surface area contributed by atoms with E-state index in [1.54, 1.807) is 22.8 Å². The second kappa shape index (κ2) is 5.21. The molecule has 114 valence electrons. The Morgan fingerprint density at radius 3 is 2.96 bits per heavy atom. The van der Waals surface area contributed by atoms with Gasteiger partial charge in [0.1, 0.15) is 29.4 Å². The molecule has 1 aliphatic rings. The molecule has 0 atom stereocenters. The lowest BCUT2D eigenvalue weighted by Gasteiger charge is -2.39. The van der Waals surface area contributed by atoms with Gasteiger partial charge < -0.3 is 9.64 Å². The average molecular weight is 307 g/mol. The van der Waals surface area contributed by atoms with Crippen LogP contribution < -0.4 is 9.64 Å². The molecule has 0 unspecified atom stereocenters. The third-order valence-electron chi connectivity index (χ3n) is 3.73. The van der Waals surface area contributed by atoms with E-state index in [0.29, 0.717) is 11.4 Å². The molecule has 8 nitrogen and oxygen atoms in total. The molecular formula is C15H13N7O. The van der Waals surface area contributed by atoms with E-state index >= 15 is 0 Å². The van der Waals surface area contributed by atoms with Crippen molar-refractivity contribution in [2.75, 3.05) is 18.0 Å². The monoisotopic (exact) mass is 307 g/mol. The Hall–Kier alpha value is -3.21. The van der Waals surface area contributed by atoms with Gasteiger partial charge in [0.25, 0.3) is 0 Å². The van der Waals surface area contributed by atoms with E-state index < -0.39 is 0 Å². The Balaban J connectivity index is 1.44. The summed E-state index contributed by atoms with van der Waals surface area (Å²) in [6, 6.07) is 9.24. The minimum atomic E-state index is 0.0726. The minimum Gasteiger partial charge on any atom is -0.487 e. The Morgan fingerprint density at radius 1 is 1.26 bits per heavy atom. The Kier molecular flexibility index (Phi) is 3.05. The standard InChI is InChI=1S/C15H13N7O/c1-10-18-19-14-2-3-15(20-22(10)14)21-8-13(9-21)23-12-4-5-17-11(6-12)7-16/h2-6,13H,8-9H2,1H3. The number of hydrogen-bond donors (Lipinski definition) is 0. The molecule has 3 aromatic heterocycles. The zero-order valence-electron chi connectivity index (χ0n) is 12.4. The van der Waals surface area contributed by atoms with Gasteiger partial charge in [0.2, 0.25) is 0 Å². The van der Waals surface area contributed by atoms with Gasteiger partial charge in [-0.05, 0) is 25.1 Å². The second-order valence-corrected chi connectivity index (χ2v) is 5.34. The van der Waals surface area contributed by atoms with Gasteiger partial charge in [-0.3, -0.25) is 0 Å². The second-order valence-electron chi connectivity index (χ2n) is 5.34. The number of anilines is 1. The van der Waals surface area contributed by atoms with E-state index in [1.807, 2.05) is 25.1 Å². The lowest BCUT2D eigenvalue weighted by Crippen LogP contribution is -2.54. The van der Waals surface area contributed by atoms with E-state index in [1.165, 1.54) is 0 Å². The summed E-state index contributed by atoms with van der Waals surface area (Å²) in [6.07, 6.45) is 1.65. The van der Waals surface area contributed by atoms with Crippen LogP contribution in [-0.2, 0) is 0 Å². The van der Waals surface area contributed by atoms with Crippen LogP contribution in [-0.4, -0.2) is 44.0 Å². The fourth-order valence-corrected chi connectivity index (χ4v) is 2.49. The SMILES string of the molecule is Cc1nnc2ccc(N3CC(Oc4ccnc(C#N)c4)C3)nn12. The number of hydrogen-bond acceptors (Lipinski definition) is 7. The molecule has 0 radical (unpaired) electrons. The van der Waals surface area contributed by atoms with Gasteiger partial charge in [0.15, 0.2) is 11.5 Å². The molecule has 0 saturated carbocycles. The minimum absolute atomic E-state index is 0.0726. The number of pyridine rings is 1. The van der Waals surface area contributed by atoms with Gasteiger partial charge in [-0.2, -0.15) is 9.78 Å². The summed E-state index contributed by atoms with van der Waals surface area (Å²) in [4.78, 5) is 6.05. The van der Waals surface area contributed by atoms with Crippen LogP contribution in [0.2, 0.25) is 0 Å². The van der Waals surface area contributed by atoms with E-state index in [4.69, 9.17) is 10.00 Å². The van der Waals surface area contributed by atoms with Crippen LogP contribution in [0, 0.1) is 18.3 Å². The van der Waals surface area contributed by atoms with Crippen molar-refractivity contribution in [3.63, 3.8) is 0 Å². The fraction of sp³-hybridized carbons (Fsp3) is 0.267. The van der Waals surface area contributed by atoms with Crippen molar-refractivity contribution in [3.8, 4) is 11.8 Å². The lowest BCUT2D eigenvalue weighted by molar-refractivity contribution is 0.166. The summed E-state index contributed by atoms with van der Waals surface area (Å²) in [5.41, 5.74) is 1.09. The largest absolute Gasteiger partial charge is 0.487 e. The highest BCUT2D eigenvalue weighted by Crippen LogP contribution is 2.23. The molecule has 0 spiro atoms. The van der Waals surface area contributed by atoms with Crippen molar-refractivity contribution in [2.24, 2.45) is 0 Å². The van der Waals surface area contributed by atoms with Crippen LogP contribution in [0.25, 0.3) is 5.65 Å². The lowest BCUT2D eigenvalue weighted by atomic mass is 10.1. The maximum atomic E-state index is 8.85. The summed E-state index contributed by atoms with van der Waals surface area (Å²) in [5.74, 6) is 2.29. The number of aromatic nitrogens is 5. The highest BCUT2D eigenvalue weighted by molar-refractivity contribution is 5.47. The van der Waals surface area contributed by atoms with Crippen LogP contribution >= 0.6 is 0 Å². The Labute approximate surface area is 132 Å². The van der Waals surface area contributed by atoms with Crippen molar-refractivity contribution in [1.29, 1.82) is 5.26 Å². The van der Waals surface area contributed by atoms with Gasteiger partial charge in [0.05, 0.1) is 13.1 Å². The molecule has 0 aromatic carbocycles. The smallest absolute Gasteiger partial charge is 0.178 e. The van der Waals surface area contributed by atoms with Crippen LogP contribution in [0.3, 0.4) is 0 Å². The number of fused-ring (bicyclic) bond motifs is 1. The Bertz CT molecular complexity index is 908. The van der Waals surface area contributed by atoms with Gasteiger partial charge in [-0.1, -0.05) is 0 Å². The van der Waals surface area contributed by atoms with Gasteiger partial charge in [0, 0.05) is 12.3 Å².